The number of aromatic amines is 2. The van der Waals surface area contributed by atoms with Crippen molar-refractivity contribution >= 4 is 28.8 Å². The quantitative estimate of drug-likeness (QED) is 0.0395. The minimum atomic E-state index is -4.43. The number of rotatable bonds is 14. The Kier molecular flexibility index (Phi) is 10.6. The SMILES string of the molecule is C[C@H](N)CCCc1cc(SC(F)(F)F)cc(-c2cc3cn(-c4ccc(C(NCCCNC(=N)N)c5nnn[nH]5)cc4)c(=O)nc3[nH]2)c1. The van der Waals surface area contributed by atoms with Crippen molar-refractivity contribution in [3.63, 3.8) is 0 Å². The zero-order valence-electron chi connectivity index (χ0n) is 25.4. The van der Waals surface area contributed by atoms with Gasteiger partial charge in [0.15, 0.2) is 11.8 Å². The summed E-state index contributed by atoms with van der Waals surface area (Å²) in [6.07, 6.45) is 4.42. The number of hydrogen-bond acceptors (Lipinski definition) is 9. The van der Waals surface area contributed by atoms with Crippen LogP contribution in [0.2, 0.25) is 0 Å². The highest BCUT2D eigenvalue weighted by Gasteiger charge is 2.29. The molecule has 5 rings (SSSR count). The van der Waals surface area contributed by atoms with Crippen molar-refractivity contribution < 1.29 is 13.2 Å². The predicted molar refractivity (Wildman–Crippen MR) is 174 cm³/mol. The lowest BCUT2D eigenvalue weighted by molar-refractivity contribution is -0.0328. The fraction of sp³-hybridized carbons (Fsp3) is 0.333. The Bertz CT molecular complexity index is 1850. The summed E-state index contributed by atoms with van der Waals surface area (Å²) in [6.45, 7) is 3.00. The Morgan fingerprint density at radius 1 is 1.13 bits per heavy atom. The second-order valence-corrected chi connectivity index (χ2v) is 12.3. The van der Waals surface area contributed by atoms with E-state index in [1.54, 1.807) is 30.5 Å². The molecule has 0 aliphatic carbocycles. The minimum Gasteiger partial charge on any atom is -0.370 e. The first kappa shape index (κ1) is 33.6. The van der Waals surface area contributed by atoms with Crippen LogP contribution in [0.5, 0.6) is 0 Å². The van der Waals surface area contributed by atoms with Crippen LogP contribution in [0.15, 0.2) is 64.4 Å². The highest BCUT2D eigenvalue weighted by molar-refractivity contribution is 8.00. The maximum atomic E-state index is 13.3. The van der Waals surface area contributed by atoms with Crippen LogP contribution in [0, 0.1) is 5.41 Å². The molecule has 0 amide bonds. The normalized spacial score (nSPS) is 13.1. The maximum Gasteiger partial charge on any atom is 0.446 e. The summed E-state index contributed by atoms with van der Waals surface area (Å²) in [6, 6.07) is 13.6. The van der Waals surface area contributed by atoms with Crippen molar-refractivity contribution in [1.29, 1.82) is 5.41 Å². The molecule has 17 heteroatoms. The monoisotopic (exact) mass is 668 g/mol. The zero-order valence-corrected chi connectivity index (χ0v) is 26.3. The third kappa shape index (κ3) is 9.17. The molecule has 0 saturated carbocycles. The molecule has 0 spiro atoms. The minimum absolute atomic E-state index is 0.00185. The van der Waals surface area contributed by atoms with Crippen molar-refractivity contribution in [1.82, 2.24) is 45.8 Å². The number of aromatic nitrogens is 7. The zero-order chi connectivity index (χ0) is 33.6. The van der Waals surface area contributed by atoms with E-state index in [9.17, 15) is 18.0 Å². The Balaban J connectivity index is 1.40. The number of thioether (sulfide) groups is 1. The summed E-state index contributed by atoms with van der Waals surface area (Å²) in [5.41, 5.74) is 9.85. The molecule has 248 valence electrons. The van der Waals surface area contributed by atoms with Crippen molar-refractivity contribution in [2.24, 2.45) is 11.5 Å². The third-order valence-electron chi connectivity index (χ3n) is 7.30. The van der Waals surface area contributed by atoms with Gasteiger partial charge in [-0.15, -0.1) is 5.10 Å². The Morgan fingerprint density at radius 3 is 2.60 bits per heavy atom. The topological polar surface area (TPSA) is 205 Å². The molecule has 0 bridgehead atoms. The average molecular weight is 669 g/mol. The van der Waals surface area contributed by atoms with Gasteiger partial charge in [0.1, 0.15) is 5.65 Å². The fourth-order valence-corrected chi connectivity index (χ4v) is 5.83. The van der Waals surface area contributed by atoms with Gasteiger partial charge in [0.25, 0.3) is 0 Å². The van der Waals surface area contributed by atoms with Gasteiger partial charge in [0.2, 0.25) is 0 Å². The second kappa shape index (κ2) is 14.8. The van der Waals surface area contributed by atoms with Gasteiger partial charge >= 0.3 is 11.2 Å². The number of nitrogens with two attached hydrogens (primary N) is 2. The summed E-state index contributed by atoms with van der Waals surface area (Å²) in [4.78, 5) is 20.5. The van der Waals surface area contributed by atoms with Gasteiger partial charge in [0.05, 0.1) is 11.7 Å². The number of nitrogens with one attached hydrogen (secondary N) is 5. The molecule has 0 saturated heterocycles. The number of halogens is 3. The Morgan fingerprint density at radius 2 is 1.91 bits per heavy atom. The Hall–Kier alpha value is -4.74. The smallest absolute Gasteiger partial charge is 0.370 e. The number of hydrogen-bond donors (Lipinski definition) is 7. The first-order chi connectivity index (χ1) is 22.4. The van der Waals surface area contributed by atoms with Crippen LogP contribution in [0.1, 0.15) is 49.2 Å². The first-order valence-electron chi connectivity index (χ1n) is 14.9. The van der Waals surface area contributed by atoms with E-state index < -0.39 is 11.2 Å². The molecule has 47 heavy (non-hydrogen) atoms. The second-order valence-electron chi connectivity index (χ2n) is 11.1. The van der Waals surface area contributed by atoms with E-state index in [1.165, 1.54) is 10.6 Å². The molecule has 0 aliphatic heterocycles. The van der Waals surface area contributed by atoms with Gasteiger partial charge in [-0.2, -0.15) is 18.2 Å². The van der Waals surface area contributed by atoms with Crippen LogP contribution < -0.4 is 27.8 Å². The van der Waals surface area contributed by atoms with E-state index in [-0.39, 0.29) is 34.7 Å². The number of guanidine groups is 1. The lowest BCUT2D eigenvalue weighted by Crippen LogP contribution is -2.33. The molecule has 3 aromatic heterocycles. The van der Waals surface area contributed by atoms with Crippen molar-refractivity contribution in [3.8, 4) is 16.9 Å². The number of alkyl halides is 3. The van der Waals surface area contributed by atoms with Gasteiger partial charge in [-0.1, -0.05) is 12.1 Å². The van der Waals surface area contributed by atoms with Crippen LogP contribution in [0.25, 0.3) is 28.0 Å². The largest absolute Gasteiger partial charge is 0.446 e. The van der Waals surface area contributed by atoms with Crippen LogP contribution in [0.4, 0.5) is 13.2 Å². The molecule has 9 N–H and O–H groups in total. The molecule has 13 nitrogen and oxygen atoms in total. The number of nitrogens with zero attached hydrogens (tertiary/aromatic N) is 5. The molecular weight excluding hydrogens is 633 g/mol. The molecule has 5 aromatic rings. The van der Waals surface area contributed by atoms with Crippen molar-refractivity contribution in [2.45, 2.75) is 55.1 Å². The lowest BCUT2D eigenvalue weighted by Gasteiger charge is -2.17. The fourth-order valence-electron chi connectivity index (χ4n) is 5.16. The average Bonchev–Trinajstić information content (AvgIpc) is 3.68. The van der Waals surface area contributed by atoms with Gasteiger partial charge in [-0.05, 0) is 114 Å². The maximum absolute atomic E-state index is 13.3. The molecule has 2 aromatic carbocycles. The van der Waals surface area contributed by atoms with E-state index in [4.69, 9.17) is 16.9 Å². The number of benzene rings is 2. The van der Waals surface area contributed by atoms with Crippen LogP contribution in [-0.4, -0.2) is 65.8 Å². The number of H-pyrrole nitrogens is 2. The first-order valence-corrected chi connectivity index (χ1v) is 15.7. The molecule has 0 radical (unpaired) electrons. The lowest BCUT2D eigenvalue weighted by atomic mass is 10.0. The van der Waals surface area contributed by atoms with Crippen molar-refractivity contribution in [3.05, 3.63) is 82.2 Å². The van der Waals surface area contributed by atoms with Gasteiger partial charge in [-0.3, -0.25) is 9.98 Å². The van der Waals surface area contributed by atoms with E-state index in [1.807, 2.05) is 25.1 Å². The molecule has 0 aliphatic rings. The predicted octanol–water partition coefficient (Wildman–Crippen LogP) is 3.73. The molecule has 0 fully saturated rings. The van der Waals surface area contributed by atoms with E-state index in [0.29, 0.717) is 59.7 Å². The summed E-state index contributed by atoms with van der Waals surface area (Å²) >= 11 is -0.159. The molecule has 3 heterocycles. The van der Waals surface area contributed by atoms with Crippen LogP contribution in [0.3, 0.4) is 0 Å². The standard InChI is InChI=1S/C30H35F3N12OS/c1-17(34)4-2-5-18-12-20(14-23(13-18)47-30(31,32)33)24-15-21-16-45(29(46)40-26(21)39-24)22-8-6-19(7-9-22)25(27-41-43-44-42-27)37-10-3-11-38-28(35)36/h6-9,12-17,25,37H,2-5,10-11,34H2,1H3,(H4,35,36,38)(H,39,40,46)(H,41,42,43,44)/t17-,25?/m0/s1. The van der Waals surface area contributed by atoms with E-state index in [2.05, 4.69) is 41.2 Å². The van der Waals surface area contributed by atoms with E-state index >= 15 is 0 Å². The summed E-state index contributed by atoms with van der Waals surface area (Å²) < 4.78 is 41.3. The molecular formula is C30H35F3N12OS. The third-order valence-corrected chi connectivity index (χ3v) is 8.00. The van der Waals surface area contributed by atoms with E-state index in [0.717, 1.165) is 24.0 Å². The number of tetrazole rings is 1. The highest BCUT2D eigenvalue weighted by Crippen LogP contribution is 2.39. The van der Waals surface area contributed by atoms with Crippen LogP contribution in [-0.2, 0) is 6.42 Å². The highest BCUT2D eigenvalue weighted by atomic mass is 32.2. The number of fused-ring (bicyclic) bond motifs is 1. The van der Waals surface area contributed by atoms with Crippen LogP contribution >= 0.6 is 11.8 Å². The van der Waals surface area contributed by atoms with Gasteiger partial charge in [-0.25, -0.2) is 9.89 Å². The number of aryl methyl sites for hydroxylation is 1. The Labute approximate surface area is 271 Å². The summed E-state index contributed by atoms with van der Waals surface area (Å²) in [5.74, 6) is 0.412. The van der Waals surface area contributed by atoms with Crippen molar-refractivity contribution in [2.75, 3.05) is 13.1 Å². The van der Waals surface area contributed by atoms with Gasteiger partial charge < -0.3 is 27.1 Å². The summed E-state index contributed by atoms with van der Waals surface area (Å²) in [5, 5.41) is 28.2. The van der Waals surface area contributed by atoms with Gasteiger partial charge in [0, 0.05) is 34.8 Å². The summed E-state index contributed by atoms with van der Waals surface area (Å²) in [7, 11) is 0. The molecule has 2 atom stereocenters. The molecule has 1 unspecified atom stereocenters.